The van der Waals surface area contributed by atoms with Crippen molar-refractivity contribution in [3.63, 3.8) is 0 Å². The van der Waals surface area contributed by atoms with Crippen molar-refractivity contribution in [2.24, 2.45) is 0 Å². The molecule has 0 bridgehead atoms. The van der Waals surface area contributed by atoms with E-state index in [2.05, 4.69) is 15.4 Å². The number of hydrogen-bond donors (Lipinski definition) is 2. The Balaban J connectivity index is 2.54. The van der Waals surface area contributed by atoms with Gasteiger partial charge in [0.25, 0.3) is 0 Å². The molecule has 8 heteroatoms. The fourth-order valence-corrected chi connectivity index (χ4v) is 1.87. The van der Waals surface area contributed by atoms with Gasteiger partial charge in [0.05, 0.1) is 18.7 Å². The third-order valence-electron chi connectivity index (χ3n) is 2.30. The zero-order valence-corrected chi connectivity index (χ0v) is 13.6. The van der Waals surface area contributed by atoms with Crippen molar-refractivity contribution in [3.8, 4) is 5.75 Å². The highest BCUT2D eigenvalue weighted by molar-refractivity contribution is 7.80. The van der Waals surface area contributed by atoms with E-state index in [1.165, 1.54) is 7.11 Å². The molecule has 0 aliphatic carbocycles. The predicted molar refractivity (Wildman–Crippen MR) is 88.1 cm³/mol. The first-order valence-electron chi connectivity index (χ1n) is 6.26. The van der Waals surface area contributed by atoms with E-state index in [1.54, 1.807) is 25.1 Å². The standard InChI is InChI=1S/C14H15ClN2O4S/c1-3-21-13(19)7-6-12(18)17-14(22)16-9-4-5-11(20-2)10(15)8-9/h4-8H,3H2,1-2H3,(H2,16,17,18,22). The molecule has 0 atom stereocenters. The summed E-state index contributed by atoms with van der Waals surface area (Å²) in [6.45, 7) is 1.91. The lowest BCUT2D eigenvalue weighted by molar-refractivity contribution is -0.137. The summed E-state index contributed by atoms with van der Waals surface area (Å²) in [6, 6.07) is 4.96. The molecule has 0 fully saturated rings. The SMILES string of the molecule is CCOC(=O)C=CC(=O)NC(=S)Nc1ccc(OC)c(Cl)c1. The van der Waals surface area contributed by atoms with Gasteiger partial charge < -0.3 is 14.8 Å². The number of anilines is 1. The molecule has 0 saturated heterocycles. The van der Waals surface area contributed by atoms with Crippen molar-refractivity contribution in [1.82, 2.24) is 5.32 Å². The predicted octanol–water partition coefficient (Wildman–Crippen LogP) is 2.28. The largest absolute Gasteiger partial charge is 0.495 e. The van der Waals surface area contributed by atoms with Gasteiger partial charge in [0, 0.05) is 17.8 Å². The Hall–Kier alpha value is -2.12. The number of thiocarbonyl (C=S) groups is 1. The van der Waals surface area contributed by atoms with Crippen LogP contribution in [-0.2, 0) is 14.3 Å². The van der Waals surface area contributed by atoms with E-state index in [0.29, 0.717) is 16.5 Å². The molecule has 0 saturated carbocycles. The highest BCUT2D eigenvalue weighted by atomic mass is 35.5. The molecule has 1 aromatic carbocycles. The van der Waals surface area contributed by atoms with Gasteiger partial charge in [0.2, 0.25) is 5.91 Å². The maximum absolute atomic E-state index is 11.5. The quantitative estimate of drug-likeness (QED) is 0.485. The average molecular weight is 343 g/mol. The van der Waals surface area contributed by atoms with Crippen LogP contribution in [0.5, 0.6) is 5.75 Å². The zero-order chi connectivity index (χ0) is 16.5. The molecule has 0 heterocycles. The van der Waals surface area contributed by atoms with Crippen LogP contribution in [0.3, 0.4) is 0 Å². The number of benzene rings is 1. The molecular weight excluding hydrogens is 328 g/mol. The Morgan fingerprint density at radius 1 is 1.36 bits per heavy atom. The summed E-state index contributed by atoms with van der Waals surface area (Å²) in [5, 5.41) is 5.65. The van der Waals surface area contributed by atoms with E-state index >= 15 is 0 Å². The van der Waals surface area contributed by atoms with Crippen LogP contribution in [0.2, 0.25) is 5.02 Å². The first-order valence-corrected chi connectivity index (χ1v) is 7.05. The Kier molecular flexibility index (Phi) is 7.34. The molecule has 0 aliphatic rings. The summed E-state index contributed by atoms with van der Waals surface area (Å²) in [6.07, 6.45) is 2.05. The summed E-state index contributed by atoms with van der Waals surface area (Å²) in [5.41, 5.74) is 0.588. The molecule has 0 aliphatic heterocycles. The number of rotatable bonds is 5. The molecular formula is C14H15ClN2O4S. The minimum absolute atomic E-state index is 0.0692. The second-order valence-electron chi connectivity index (χ2n) is 3.88. The van der Waals surface area contributed by atoms with Gasteiger partial charge in [-0.05, 0) is 37.3 Å². The molecule has 6 nitrogen and oxygen atoms in total. The Morgan fingerprint density at radius 2 is 2.09 bits per heavy atom. The van der Waals surface area contributed by atoms with Crippen molar-refractivity contribution >= 4 is 46.5 Å². The van der Waals surface area contributed by atoms with Crippen LogP contribution < -0.4 is 15.4 Å². The van der Waals surface area contributed by atoms with Crippen LogP contribution in [0.15, 0.2) is 30.4 Å². The maximum Gasteiger partial charge on any atom is 0.330 e. The van der Waals surface area contributed by atoms with Crippen molar-refractivity contribution in [3.05, 3.63) is 35.4 Å². The number of methoxy groups -OCH3 is 1. The van der Waals surface area contributed by atoms with Crippen LogP contribution in [-0.4, -0.2) is 30.7 Å². The Morgan fingerprint density at radius 3 is 2.68 bits per heavy atom. The monoisotopic (exact) mass is 342 g/mol. The summed E-state index contributed by atoms with van der Waals surface area (Å²) in [4.78, 5) is 22.6. The molecule has 0 unspecified atom stereocenters. The van der Waals surface area contributed by atoms with Gasteiger partial charge in [-0.25, -0.2) is 4.79 Å². The average Bonchev–Trinajstić information content (AvgIpc) is 2.45. The molecule has 1 rings (SSSR count). The minimum Gasteiger partial charge on any atom is -0.495 e. The lowest BCUT2D eigenvalue weighted by Crippen LogP contribution is -2.33. The second kappa shape index (κ2) is 9.01. The lowest BCUT2D eigenvalue weighted by atomic mass is 10.3. The zero-order valence-electron chi connectivity index (χ0n) is 12.0. The summed E-state index contributed by atoms with van der Waals surface area (Å²) >= 11 is 11.0. The van der Waals surface area contributed by atoms with Gasteiger partial charge in [-0.1, -0.05) is 11.6 Å². The lowest BCUT2D eigenvalue weighted by Gasteiger charge is -2.10. The molecule has 118 valence electrons. The number of esters is 1. The minimum atomic E-state index is -0.599. The van der Waals surface area contributed by atoms with E-state index in [9.17, 15) is 9.59 Å². The number of halogens is 1. The number of ether oxygens (including phenoxy) is 2. The van der Waals surface area contributed by atoms with Crippen LogP contribution in [0.25, 0.3) is 0 Å². The van der Waals surface area contributed by atoms with Crippen molar-refractivity contribution in [2.45, 2.75) is 6.92 Å². The van der Waals surface area contributed by atoms with Crippen molar-refractivity contribution < 1.29 is 19.1 Å². The first kappa shape index (κ1) is 17.9. The summed E-state index contributed by atoms with van der Waals surface area (Å²) in [5.74, 6) is -0.622. The van der Waals surface area contributed by atoms with Crippen LogP contribution in [0, 0.1) is 0 Å². The molecule has 1 amide bonds. The number of carbonyl (C=O) groups excluding carboxylic acids is 2. The highest BCUT2D eigenvalue weighted by Crippen LogP contribution is 2.27. The van der Waals surface area contributed by atoms with Crippen molar-refractivity contribution in [1.29, 1.82) is 0 Å². The molecule has 0 aromatic heterocycles. The van der Waals surface area contributed by atoms with E-state index in [4.69, 9.17) is 28.6 Å². The summed E-state index contributed by atoms with van der Waals surface area (Å²) < 4.78 is 9.68. The van der Waals surface area contributed by atoms with Crippen molar-refractivity contribution in [2.75, 3.05) is 19.0 Å². The van der Waals surface area contributed by atoms with Gasteiger partial charge in [0.1, 0.15) is 5.75 Å². The van der Waals surface area contributed by atoms with Crippen LogP contribution in [0.4, 0.5) is 5.69 Å². The first-order chi connectivity index (χ1) is 10.5. The summed E-state index contributed by atoms with van der Waals surface area (Å²) in [7, 11) is 1.51. The number of amides is 1. The fraction of sp³-hybridized carbons (Fsp3) is 0.214. The molecule has 22 heavy (non-hydrogen) atoms. The third kappa shape index (κ3) is 6.11. The molecule has 0 radical (unpaired) electrons. The van der Waals surface area contributed by atoms with Crippen LogP contribution >= 0.6 is 23.8 Å². The third-order valence-corrected chi connectivity index (χ3v) is 2.80. The van der Waals surface area contributed by atoms with Crippen LogP contribution in [0.1, 0.15) is 6.92 Å². The smallest absolute Gasteiger partial charge is 0.330 e. The number of hydrogen-bond acceptors (Lipinski definition) is 5. The topological polar surface area (TPSA) is 76.7 Å². The van der Waals surface area contributed by atoms with Gasteiger partial charge in [-0.3, -0.25) is 10.1 Å². The van der Waals surface area contributed by atoms with Gasteiger partial charge in [-0.2, -0.15) is 0 Å². The van der Waals surface area contributed by atoms with E-state index < -0.39 is 11.9 Å². The van der Waals surface area contributed by atoms with Gasteiger partial charge >= 0.3 is 5.97 Å². The highest BCUT2D eigenvalue weighted by Gasteiger charge is 2.05. The molecule has 0 spiro atoms. The van der Waals surface area contributed by atoms with Gasteiger partial charge in [0.15, 0.2) is 5.11 Å². The Labute approximate surface area is 138 Å². The van der Waals surface area contributed by atoms with E-state index in [-0.39, 0.29) is 11.7 Å². The number of carbonyl (C=O) groups is 2. The number of nitrogens with one attached hydrogen (secondary N) is 2. The second-order valence-corrected chi connectivity index (χ2v) is 4.69. The maximum atomic E-state index is 11.5. The molecule has 2 N–H and O–H groups in total. The molecule has 1 aromatic rings. The van der Waals surface area contributed by atoms with E-state index in [0.717, 1.165) is 12.2 Å². The fourth-order valence-electron chi connectivity index (χ4n) is 1.39. The van der Waals surface area contributed by atoms with E-state index in [1.807, 2.05) is 0 Å². The normalized spacial score (nSPS) is 10.1. The van der Waals surface area contributed by atoms with Gasteiger partial charge in [-0.15, -0.1) is 0 Å². The Bertz CT molecular complexity index is 605.